The van der Waals surface area contributed by atoms with E-state index in [0.29, 0.717) is 0 Å². The van der Waals surface area contributed by atoms with E-state index < -0.39 is 30.1 Å². The molecule has 22 heavy (non-hydrogen) atoms. The zero-order valence-corrected chi connectivity index (χ0v) is 13.7. The van der Waals surface area contributed by atoms with Crippen molar-refractivity contribution >= 4 is 29.7 Å². The molecular formula is C15H20N2O4S. The Balaban J connectivity index is 2.23. The van der Waals surface area contributed by atoms with Gasteiger partial charge in [-0.15, -0.1) is 11.8 Å². The molecule has 1 aromatic rings. The van der Waals surface area contributed by atoms with Gasteiger partial charge in [-0.2, -0.15) is 0 Å². The summed E-state index contributed by atoms with van der Waals surface area (Å²) < 4.78 is 4.80. The van der Waals surface area contributed by atoms with Crippen molar-refractivity contribution in [3.8, 4) is 0 Å². The lowest BCUT2D eigenvalue weighted by Gasteiger charge is -2.20. The number of nitrogens with one attached hydrogen (secondary N) is 2. The maximum atomic E-state index is 11.5. The second-order valence-electron chi connectivity index (χ2n) is 5.51. The first kappa shape index (κ1) is 18.0. The van der Waals surface area contributed by atoms with Crippen molar-refractivity contribution in [2.45, 2.75) is 31.2 Å². The van der Waals surface area contributed by atoms with Gasteiger partial charge in [0, 0.05) is 10.4 Å². The molecule has 120 valence electrons. The number of carbonyl (C=O) groups is 3. The smallest absolute Gasteiger partial charge is 0.321 e. The van der Waals surface area contributed by atoms with Crippen LogP contribution in [0.5, 0.6) is 0 Å². The molecular weight excluding hydrogens is 304 g/mol. The van der Waals surface area contributed by atoms with Crippen LogP contribution in [0.3, 0.4) is 0 Å². The number of rotatable bonds is 5. The number of thioether (sulfide) groups is 1. The van der Waals surface area contributed by atoms with Gasteiger partial charge < -0.3 is 10.1 Å². The lowest BCUT2D eigenvalue weighted by Crippen LogP contribution is -2.49. The van der Waals surface area contributed by atoms with Crippen LogP contribution in [-0.2, 0) is 14.3 Å². The van der Waals surface area contributed by atoms with Crippen LogP contribution in [-0.4, -0.2) is 35.8 Å². The number of hydrogen-bond donors (Lipinski definition) is 2. The van der Waals surface area contributed by atoms with Crippen LogP contribution in [0.2, 0.25) is 0 Å². The third kappa shape index (κ3) is 8.31. The van der Waals surface area contributed by atoms with Crippen LogP contribution in [0.1, 0.15) is 20.8 Å². The van der Waals surface area contributed by atoms with Crippen molar-refractivity contribution in [3.63, 3.8) is 0 Å². The number of amides is 3. The summed E-state index contributed by atoms with van der Waals surface area (Å²) in [5.41, 5.74) is -0.451. The Morgan fingerprint density at radius 1 is 1.14 bits per heavy atom. The minimum atomic E-state index is -0.667. The Morgan fingerprint density at radius 3 is 2.36 bits per heavy atom. The average Bonchev–Trinajstić information content (AvgIpc) is 2.42. The van der Waals surface area contributed by atoms with Crippen LogP contribution in [0.15, 0.2) is 35.2 Å². The van der Waals surface area contributed by atoms with Crippen molar-refractivity contribution in [2.75, 3.05) is 12.4 Å². The molecule has 0 unspecified atom stereocenters. The first-order chi connectivity index (χ1) is 10.3. The second-order valence-corrected chi connectivity index (χ2v) is 6.56. The van der Waals surface area contributed by atoms with Crippen molar-refractivity contribution in [1.29, 1.82) is 0 Å². The van der Waals surface area contributed by atoms with E-state index in [1.807, 2.05) is 30.3 Å². The molecule has 6 nitrogen and oxygen atoms in total. The normalized spacial score (nSPS) is 10.7. The largest absolute Gasteiger partial charge is 0.455 e. The molecule has 0 spiro atoms. The molecule has 2 N–H and O–H groups in total. The fourth-order valence-corrected chi connectivity index (χ4v) is 2.10. The summed E-state index contributed by atoms with van der Waals surface area (Å²) in [6.45, 7) is 4.89. The Morgan fingerprint density at radius 2 is 1.77 bits per heavy atom. The number of hydrogen-bond acceptors (Lipinski definition) is 5. The lowest BCUT2D eigenvalue weighted by molar-refractivity contribution is -0.145. The van der Waals surface area contributed by atoms with Crippen molar-refractivity contribution in [2.24, 2.45) is 0 Å². The van der Waals surface area contributed by atoms with Gasteiger partial charge >= 0.3 is 12.0 Å². The molecule has 0 aromatic heterocycles. The van der Waals surface area contributed by atoms with E-state index in [9.17, 15) is 14.4 Å². The SMILES string of the molecule is CC(C)(C)NC(=O)NC(=O)COC(=O)CSc1ccccc1. The monoisotopic (exact) mass is 324 g/mol. The highest BCUT2D eigenvalue weighted by Crippen LogP contribution is 2.16. The van der Waals surface area contributed by atoms with E-state index in [1.165, 1.54) is 11.8 Å². The highest BCUT2D eigenvalue weighted by Gasteiger charge is 2.16. The molecule has 1 aromatic carbocycles. The van der Waals surface area contributed by atoms with Crippen LogP contribution >= 0.6 is 11.8 Å². The maximum absolute atomic E-state index is 11.5. The Bertz CT molecular complexity index is 526. The lowest BCUT2D eigenvalue weighted by atomic mass is 10.1. The third-order valence-electron chi connectivity index (χ3n) is 2.21. The van der Waals surface area contributed by atoms with Gasteiger partial charge in [0.15, 0.2) is 6.61 Å². The average molecular weight is 324 g/mol. The van der Waals surface area contributed by atoms with Gasteiger partial charge in [-0.3, -0.25) is 14.9 Å². The van der Waals surface area contributed by atoms with Crippen LogP contribution in [0.4, 0.5) is 4.79 Å². The summed E-state index contributed by atoms with van der Waals surface area (Å²) in [6, 6.07) is 8.76. The van der Waals surface area contributed by atoms with Gasteiger partial charge in [0.1, 0.15) is 0 Å². The van der Waals surface area contributed by atoms with Gasteiger partial charge in [-0.25, -0.2) is 4.79 Å². The number of esters is 1. The van der Waals surface area contributed by atoms with Gasteiger partial charge in [0.2, 0.25) is 0 Å². The number of benzene rings is 1. The van der Waals surface area contributed by atoms with E-state index in [0.717, 1.165) is 4.90 Å². The van der Waals surface area contributed by atoms with E-state index in [-0.39, 0.29) is 5.75 Å². The Kier molecular flexibility index (Phi) is 6.91. The first-order valence-corrected chi connectivity index (χ1v) is 7.70. The summed E-state index contributed by atoms with van der Waals surface area (Å²) in [4.78, 5) is 35.3. The van der Waals surface area contributed by atoms with Crippen LogP contribution in [0, 0.1) is 0 Å². The molecule has 0 fully saturated rings. The van der Waals surface area contributed by atoms with Crippen molar-refractivity contribution in [3.05, 3.63) is 30.3 Å². The molecule has 0 saturated carbocycles. The molecule has 3 amide bonds. The standard InChI is InChI=1S/C15H20N2O4S/c1-15(2,3)17-14(20)16-12(18)9-21-13(19)10-22-11-7-5-4-6-8-11/h4-8H,9-10H2,1-3H3,(H2,16,17,18,20). The number of ether oxygens (including phenoxy) is 1. The predicted octanol–water partition coefficient (Wildman–Crippen LogP) is 1.95. The van der Waals surface area contributed by atoms with E-state index >= 15 is 0 Å². The maximum Gasteiger partial charge on any atom is 0.321 e. The topological polar surface area (TPSA) is 84.5 Å². The highest BCUT2D eigenvalue weighted by atomic mass is 32.2. The van der Waals surface area contributed by atoms with E-state index in [4.69, 9.17) is 4.74 Å². The molecule has 0 aliphatic rings. The Hall–Kier alpha value is -2.02. The van der Waals surface area contributed by atoms with Gasteiger partial charge in [-0.1, -0.05) is 18.2 Å². The molecule has 7 heteroatoms. The molecule has 0 aliphatic heterocycles. The zero-order valence-electron chi connectivity index (χ0n) is 12.8. The summed E-state index contributed by atoms with van der Waals surface area (Å²) in [5, 5.41) is 4.66. The van der Waals surface area contributed by atoms with Crippen molar-refractivity contribution in [1.82, 2.24) is 10.6 Å². The number of imide groups is 1. The van der Waals surface area contributed by atoms with E-state index in [1.54, 1.807) is 20.8 Å². The van der Waals surface area contributed by atoms with Crippen molar-refractivity contribution < 1.29 is 19.1 Å². The summed E-state index contributed by atoms with van der Waals surface area (Å²) >= 11 is 1.32. The molecule has 0 atom stereocenters. The molecule has 0 heterocycles. The highest BCUT2D eigenvalue weighted by molar-refractivity contribution is 8.00. The van der Waals surface area contributed by atoms with Crippen LogP contribution < -0.4 is 10.6 Å². The Labute approximate surface area is 134 Å². The molecule has 0 bridgehead atoms. The molecule has 0 aliphatic carbocycles. The summed E-state index contributed by atoms with van der Waals surface area (Å²) in [7, 11) is 0. The van der Waals surface area contributed by atoms with Crippen LogP contribution in [0.25, 0.3) is 0 Å². The number of urea groups is 1. The fraction of sp³-hybridized carbons (Fsp3) is 0.400. The van der Waals surface area contributed by atoms with Gasteiger partial charge in [0.05, 0.1) is 5.75 Å². The summed E-state index contributed by atoms with van der Waals surface area (Å²) in [5.74, 6) is -1.08. The zero-order chi connectivity index (χ0) is 16.6. The fourth-order valence-electron chi connectivity index (χ4n) is 1.38. The number of carbonyl (C=O) groups excluding carboxylic acids is 3. The molecule has 1 rings (SSSR count). The second kappa shape index (κ2) is 8.43. The van der Waals surface area contributed by atoms with Gasteiger partial charge in [-0.05, 0) is 32.9 Å². The van der Waals surface area contributed by atoms with E-state index in [2.05, 4.69) is 10.6 Å². The first-order valence-electron chi connectivity index (χ1n) is 6.72. The summed E-state index contributed by atoms with van der Waals surface area (Å²) in [6.07, 6.45) is 0. The predicted molar refractivity (Wildman–Crippen MR) is 84.6 cm³/mol. The third-order valence-corrected chi connectivity index (χ3v) is 3.19. The molecule has 0 radical (unpaired) electrons. The minimum absolute atomic E-state index is 0.103. The molecule has 0 saturated heterocycles. The quantitative estimate of drug-likeness (QED) is 0.639. The van der Waals surface area contributed by atoms with Gasteiger partial charge in [0.25, 0.3) is 5.91 Å². The minimum Gasteiger partial charge on any atom is -0.455 e.